The van der Waals surface area contributed by atoms with Gasteiger partial charge in [-0.05, 0) is 12.1 Å². The fourth-order valence-corrected chi connectivity index (χ4v) is 2.66. The normalized spacial score (nSPS) is 15.6. The summed E-state index contributed by atoms with van der Waals surface area (Å²) in [5.41, 5.74) is 0.833. The van der Waals surface area contributed by atoms with Crippen molar-refractivity contribution < 1.29 is 4.92 Å². The van der Waals surface area contributed by atoms with Gasteiger partial charge in [-0.25, -0.2) is 0 Å². The number of pyridine rings is 2. The van der Waals surface area contributed by atoms with E-state index in [1.165, 1.54) is 22.9 Å². The van der Waals surface area contributed by atoms with Crippen LogP contribution in [-0.4, -0.2) is 45.6 Å². The van der Waals surface area contributed by atoms with Gasteiger partial charge in [0.15, 0.2) is 0 Å². The van der Waals surface area contributed by atoms with E-state index in [0.29, 0.717) is 6.67 Å². The van der Waals surface area contributed by atoms with Crippen molar-refractivity contribution in [3.63, 3.8) is 0 Å². The number of hydrogen-bond acceptors (Lipinski definition) is 6. The van der Waals surface area contributed by atoms with Crippen LogP contribution < -0.4 is 10.5 Å². The maximum atomic E-state index is 11.8. The Balaban J connectivity index is 1.64. The summed E-state index contributed by atoms with van der Waals surface area (Å²) in [6, 6.07) is 6.42. The Morgan fingerprint density at radius 2 is 1.78 bits per heavy atom. The zero-order chi connectivity index (χ0) is 16.2. The van der Waals surface area contributed by atoms with Crippen LogP contribution in [0.15, 0.2) is 47.7 Å². The van der Waals surface area contributed by atoms with Crippen molar-refractivity contribution in [2.45, 2.75) is 6.67 Å². The Morgan fingerprint density at radius 3 is 2.43 bits per heavy atom. The van der Waals surface area contributed by atoms with Crippen molar-refractivity contribution in [1.82, 2.24) is 14.5 Å². The molecule has 0 spiro atoms. The summed E-state index contributed by atoms with van der Waals surface area (Å²) in [4.78, 5) is 30.6. The molecule has 0 N–H and O–H groups in total. The SMILES string of the molecule is O=c1ccc([N+](=O)[O-])cn1CN1CCN(c2ccncc2)CC1. The number of hydrogen-bond donors (Lipinski definition) is 0. The predicted molar refractivity (Wildman–Crippen MR) is 85.4 cm³/mol. The minimum absolute atomic E-state index is 0.0694. The van der Waals surface area contributed by atoms with Crippen LogP contribution in [-0.2, 0) is 6.67 Å². The lowest BCUT2D eigenvalue weighted by atomic mass is 10.3. The van der Waals surface area contributed by atoms with Crippen molar-refractivity contribution in [2.24, 2.45) is 0 Å². The molecular weight excluding hydrogens is 298 g/mol. The molecule has 8 nitrogen and oxygen atoms in total. The lowest BCUT2D eigenvalue weighted by Gasteiger charge is -2.36. The molecule has 0 aliphatic carbocycles. The van der Waals surface area contributed by atoms with Crippen LogP contribution >= 0.6 is 0 Å². The van der Waals surface area contributed by atoms with Crippen LogP contribution in [0.2, 0.25) is 0 Å². The second-order valence-electron chi connectivity index (χ2n) is 5.40. The maximum Gasteiger partial charge on any atom is 0.285 e. The molecule has 1 aliphatic heterocycles. The van der Waals surface area contributed by atoms with Crippen LogP contribution in [0.4, 0.5) is 11.4 Å². The van der Waals surface area contributed by atoms with Gasteiger partial charge in [0.2, 0.25) is 0 Å². The first-order valence-corrected chi connectivity index (χ1v) is 7.36. The summed E-state index contributed by atoms with van der Waals surface area (Å²) >= 11 is 0. The quantitative estimate of drug-likeness (QED) is 0.616. The third-order valence-electron chi connectivity index (χ3n) is 3.93. The molecular formula is C15H17N5O3. The average molecular weight is 315 g/mol. The molecule has 3 heterocycles. The van der Waals surface area contributed by atoms with Crippen molar-refractivity contribution in [3.05, 3.63) is 63.3 Å². The van der Waals surface area contributed by atoms with Gasteiger partial charge in [-0.3, -0.25) is 29.4 Å². The van der Waals surface area contributed by atoms with E-state index in [1.807, 2.05) is 12.1 Å². The number of piperazine rings is 1. The Morgan fingerprint density at radius 1 is 1.09 bits per heavy atom. The average Bonchev–Trinajstić information content (AvgIpc) is 2.58. The van der Waals surface area contributed by atoms with Gasteiger partial charge in [0.05, 0.1) is 17.8 Å². The van der Waals surface area contributed by atoms with Gasteiger partial charge in [0, 0.05) is 56.4 Å². The number of aromatic nitrogens is 2. The van der Waals surface area contributed by atoms with E-state index in [4.69, 9.17) is 0 Å². The molecule has 1 fully saturated rings. The summed E-state index contributed by atoms with van der Waals surface area (Å²) in [6.07, 6.45) is 4.84. The van der Waals surface area contributed by atoms with Crippen molar-refractivity contribution in [3.8, 4) is 0 Å². The maximum absolute atomic E-state index is 11.8. The molecule has 3 rings (SSSR count). The Kier molecular flexibility index (Phi) is 4.33. The zero-order valence-electron chi connectivity index (χ0n) is 12.5. The van der Waals surface area contributed by atoms with Gasteiger partial charge >= 0.3 is 0 Å². The van der Waals surface area contributed by atoms with Gasteiger partial charge < -0.3 is 4.90 Å². The molecule has 23 heavy (non-hydrogen) atoms. The topological polar surface area (TPSA) is 84.5 Å². The van der Waals surface area contributed by atoms with E-state index >= 15 is 0 Å². The van der Waals surface area contributed by atoms with E-state index in [-0.39, 0.29) is 11.2 Å². The Labute approximate surface area is 132 Å². The highest BCUT2D eigenvalue weighted by Gasteiger charge is 2.18. The summed E-state index contributed by atoms with van der Waals surface area (Å²) in [5, 5.41) is 10.8. The molecule has 0 radical (unpaired) electrons. The molecule has 1 saturated heterocycles. The molecule has 2 aromatic rings. The van der Waals surface area contributed by atoms with Crippen LogP contribution in [0.25, 0.3) is 0 Å². The Bertz CT molecular complexity index is 738. The zero-order valence-corrected chi connectivity index (χ0v) is 12.5. The van der Waals surface area contributed by atoms with Crippen LogP contribution in [0, 0.1) is 10.1 Å². The van der Waals surface area contributed by atoms with E-state index < -0.39 is 4.92 Å². The first kappa shape index (κ1) is 15.2. The monoisotopic (exact) mass is 315 g/mol. The van der Waals surface area contributed by atoms with Crippen molar-refractivity contribution in [1.29, 1.82) is 0 Å². The summed E-state index contributed by atoms with van der Waals surface area (Å²) in [6.45, 7) is 3.63. The lowest BCUT2D eigenvalue weighted by Crippen LogP contribution is -2.47. The molecule has 1 aliphatic rings. The van der Waals surface area contributed by atoms with Crippen LogP contribution in [0.5, 0.6) is 0 Å². The van der Waals surface area contributed by atoms with Crippen LogP contribution in [0.1, 0.15) is 0 Å². The third kappa shape index (κ3) is 3.54. The second kappa shape index (κ2) is 6.57. The van der Waals surface area contributed by atoms with E-state index in [1.54, 1.807) is 12.4 Å². The molecule has 0 amide bonds. The number of rotatable bonds is 4. The Hall–Kier alpha value is -2.74. The van der Waals surface area contributed by atoms with Crippen molar-refractivity contribution in [2.75, 3.05) is 31.1 Å². The van der Waals surface area contributed by atoms with Gasteiger partial charge in [0.25, 0.3) is 11.2 Å². The standard InChI is InChI=1S/C15H17N5O3/c21-15-2-1-14(20(22)23)11-19(15)12-17-7-9-18(10-8-17)13-3-5-16-6-4-13/h1-6,11H,7-10,12H2. The van der Waals surface area contributed by atoms with Crippen molar-refractivity contribution >= 4 is 11.4 Å². The predicted octanol–water partition coefficient (Wildman–Crippen LogP) is 0.931. The fraction of sp³-hybridized carbons (Fsp3) is 0.333. The molecule has 0 unspecified atom stereocenters. The molecule has 2 aromatic heterocycles. The van der Waals surface area contributed by atoms with E-state index in [9.17, 15) is 14.9 Å². The first-order valence-electron chi connectivity index (χ1n) is 7.36. The molecule has 0 bridgehead atoms. The minimum atomic E-state index is -0.489. The van der Waals surface area contributed by atoms with Gasteiger partial charge in [-0.2, -0.15) is 0 Å². The fourth-order valence-electron chi connectivity index (χ4n) is 2.66. The van der Waals surface area contributed by atoms with E-state index in [0.717, 1.165) is 31.9 Å². The summed E-state index contributed by atoms with van der Waals surface area (Å²) in [7, 11) is 0. The first-order chi connectivity index (χ1) is 11.1. The molecule has 0 saturated carbocycles. The minimum Gasteiger partial charge on any atom is -0.369 e. The largest absolute Gasteiger partial charge is 0.369 e. The molecule has 0 atom stereocenters. The van der Waals surface area contributed by atoms with Gasteiger partial charge in [-0.15, -0.1) is 0 Å². The van der Waals surface area contributed by atoms with E-state index in [2.05, 4.69) is 14.8 Å². The summed E-state index contributed by atoms with van der Waals surface area (Å²) in [5.74, 6) is 0. The number of anilines is 1. The molecule has 0 aromatic carbocycles. The van der Waals surface area contributed by atoms with Gasteiger partial charge in [0.1, 0.15) is 0 Å². The van der Waals surface area contributed by atoms with Crippen LogP contribution in [0.3, 0.4) is 0 Å². The lowest BCUT2D eigenvalue weighted by molar-refractivity contribution is -0.385. The second-order valence-corrected chi connectivity index (χ2v) is 5.40. The number of nitrogens with zero attached hydrogens (tertiary/aromatic N) is 5. The third-order valence-corrected chi connectivity index (χ3v) is 3.93. The number of nitro groups is 1. The molecule has 8 heteroatoms. The highest BCUT2D eigenvalue weighted by molar-refractivity contribution is 5.44. The highest BCUT2D eigenvalue weighted by Crippen LogP contribution is 2.15. The van der Waals surface area contributed by atoms with Gasteiger partial charge in [-0.1, -0.05) is 0 Å². The highest BCUT2D eigenvalue weighted by atomic mass is 16.6. The smallest absolute Gasteiger partial charge is 0.285 e. The summed E-state index contributed by atoms with van der Waals surface area (Å²) < 4.78 is 1.39. The molecule has 120 valence electrons.